The molecule has 2 rings (SSSR count). The molecule has 0 unspecified atom stereocenters. The molecule has 120 valence electrons. The van der Waals surface area contributed by atoms with E-state index in [1.807, 2.05) is 0 Å². The van der Waals surface area contributed by atoms with E-state index in [9.17, 15) is 18.0 Å². The zero-order valence-corrected chi connectivity index (χ0v) is 13.1. The van der Waals surface area contributed by atoms with Crippen LogP contribution in [-0.2, 0) is 14.6 Å². The Hall–Kier alpha value is -1.89. The van der Waals surface area contributed by atoms with E-state index in [0.717, 1.165) is 32.1 Å². The van der Waals surface area contributed by atoms with E-state index in [4.69, 9.17) is 0 Å². The minimum absolute atomic E-state index is 0.0623. The van der Waals surface area contributed by atoms with Gasteiger partial charge in [-0.3, -0.25) is 10.1 Å². The third-order valence-corrected chi connectivity index (χ3v) is 5.25. The highest BCUT2D eigenvalue weighted by Gasteiger charge is 2.22. The van der Waals surface area contributed by atoms with Gasteiger partial charge in [0.25, 0.3) is 0 Å². The molecule has 0 aromatic heterocycles. The van der Waals surface area contributed by atoms with Gasteiger partial charge < -0.3 is 5.32 Å². The molecule has 0 heterocycles. The molecular weight excluding hydrogens is 304 g/mol. The van der Waals surface area contributed by atoms with E-state index >= 15 is 0 Å². The number of carbonyl (C=O) groups excluding carboxylic acids is 2. The predicted molar refractivity (Wildman–Crippen MR) is 82.0 cm³/mol. The number of hydrogen-bond donors (Lipinski definition) is 2. The highest BCUT2D eigenvalue weighted by Crippen LogP contribution is 2.17. The zero-order chi connectivity index (χ0) is 16.0. The van der Waals surface area contributed by atoms with Crippen molar-refractivity contribution >= 4 is 21.8 Å². The first-order chi connectivity index (χ1) is 10.5. The Labute approximate surface area is 130 Å². The lowest BCUT2D eigenvalue weighted by Crippen LogP contribution is -2.46. The highest BCUT2D eigenvalue weighted by atomic mass is 32.2. The first-order valence-corrected chi connectivity index (χ1v) is 9.01. The van der Waals surface area contributed by atoms with Crippen LogP contribution < -0.4 is 10.6 Å². The van der Waals surface area contributed by atoms with Crippen molar-refractivity contribution in [2.24, 2.45) is 0 Å². The summed E-state index contributed by atoms with van der Waals surface area (Å²) in [4.78, 5) is 23.5. The molecule has 7 heteroatoms. The van der Waals surface area contributed by atoms with E-state index in [1.54, 1.807) is 18.2 Å². The van der Waals surface area contributed by atoms with Crippen molar-refractivity contribution in [3.8, 4) is 0 Å². The maximum atomic E-state index is 12.0. The number of imide groups is 1. The van der Waals surface area contributed by atoms with Crippen molar-refractivity contribution in [1.82, 2.24) is 10.6 Å². The van der Waals surface area contributed by atoms with Gasteiger partial charge in [-0.15, -0.1) is 0 Å². The van der Waals surface area contributed by atoms with Gasteiger partial charge in [-0.2, -0.15) is 0 Å². The van der Waals surface area contributed by atoms with Crippen LogP contribution >= 0.6 is 0 Å². The summed E-state index contributed by atoms with van der Waals surface area (Å²) in [6, 6.07) is 7.14. The second kappa shape index (κ2) is 7.40. The lowest BCUT2D eigenvalue weighted by atomic mass is 9.96. The van der Waals surface area contributed by atoms with E-state index in [0.29, 0.717) is 0 Å². The van der Waals surface area contributed by atoms with Gasteiger partial charge in [0.2, 0.25) is 5.91 Å². The fourth-order valence-corrected chi connectivity index (χ4v) is 3.67. The van der Waals surface area contributed by atoms with Gasteiger partial charge in [0.05, 0.1) is 4.90 Å². The van der Waals surface area contributed by atoms with Crippen LogP contribution in [0.2, 0.25) is 0 Å². The second-order valence-corrected chi connectivity index (χ2v) is 7.42. The molecule has 0 bridgehead atoms. The Morgan fingerprint density at radius 2 is 1.68 bits per heavy atom. The molecule has 0 atom stereocenters. The number of benzene rings is 1. The largest absolute Gasteiger partial charge is 0.335 e. The van der Waals surface area contributed by atoms with E-state index in [2.05, 4.69) is 10.6 Å². The highest BCUT2D eigenvalue weighted by molar-refractivity contribution is 7.92. The van der Waals surface area contributed by atoms with E-state index in [1.165, 1.54) is 12.1 Å². The topological polar surface area (TPSA) is 92.3 Å². The molecule has 1 aliphatic rings. The molecule has 3 amide bonds. The molecule has 1 aromatic carbocycles. The minimum atomic E-state index is -3.73. The number of hydrogen-bond acceptors (Lipinski definition) is 4. The Morgan fingerprint density at radius 3 is 2.32 bits per heavy atom. The fraction of sp³-hybridized carbons (Fsp3) is 0.467. The quantitative estimate of drug-likeness (QED) is 0.880. The van der Waals surface area contributed by atoms with Crippen molar-refractivity contribution < 1.29 is 18.0 Å². The molecule has 1 saturated carbocycles. The Kier molecular flexibility index (Phi) is 5.54. The van der Waals surface area contributed by atoms with Gasteiger partial charge in [0.15, 0.2) is 9.84 Å². The minimum Gasteiger partial charge on any atom is -0.335 e. The molecule has 1 aromatic rings. The number of amides is 3. The molecule has 0 saturated heterocycles. The number of nitrogens with one attached hydrogen (secondary N) is 2. The van der Waals surface area contributed by atoms with E-state index in [-0.39, 0.29) is 10.9 Å². The van der Waals surface area contributed by atoms with Crippen LogP contribution in [-0.4, -0.2) is 32.2 Å². The molecule has 2 N–H and O–H groups in total. The summed E-state index contributed by atoms with van der Waals surface area (Å²) in [6.07, 6.45) is 5.06. The standard InChI is InChI=1S/C15H20N2O4S/c18-14(11-22(20,21)13-9-5-2-6-10-13)17-15(19)16-12-7-3-1-4-8-12/h2,5-6,9-10,12H,1,3-4,7-8,11H2,(H2,16,17,18,19). The summed E-state index contributed by atoms with van der Waals surface area (Å²) in [5.41, 5.74) is 0. The summed E-state index contributed by atoms with van der Waals surface area (Å²) in [5, 5.41) is 4.79. The predicted octanol–water partition coefficient (Wildman–Crippen LogP) is 1.62. The first kappa shape index (κ1) is 16.5. The van der Waals surface area contributed by atoms with Crippen LogP contribution in [0.1, 0.15) is 32.1 Å². The van der Waals surface area contributed by atoms with Gasteiger partial charge in [-0.05, 0) is 25.0 Å². The van der Waals surface area contributed by atoms with Crippen LogP contribution in [0.3, 0.4) is 0 Å². The van der Waals surface area contributed by atoms with Crippen molar-refractivity contribution in [2.45, 2.75) is 43.0 Å². The third kappa shape index (κ3) is 4.84. The van der Waals surface area contributed by atoms with Crippen LogP contribution in [0.25, 0.3) is 0 Å². The number of urea groups is 1. The number of rotatable bonds is 4. The van der Waals surface area contributed by atoms with Gasteiger partial charge in [-0.1, -0.05) is 37.5 Å². The molecule has 0 aliphatic heterocycles. The van der Waals surface area contributed by atoms with Crippen molar-refractivity contribution in [2.75, 3.05) is 5.75 Å². The average Bonchev–Trinajstić information content (AvgIpc) is 2.48. The molecule has 0 radical (unpaired) electrons. The third-order valence-electron chi connectivity index (χ3n) is 3.62. The normalized spacial score (nSPS) is 16.0. The maximum absolute atomic E-state index is 12.0. The monoisotopic (exact) mass is 324 g/mol. The van der Waals surface area contributed by atoms with Crippen molar-refractivity contribution in [3.05, 3.63) is 30.3 Å². The lowest BCUT2D eigenvalue weighted by Gasteiger charge is -2.22. The molecule has 22 heavy (non-hydrogen) atoms. The number of sulfone groups is 1. The fourth-order valence-electron chi connectivity index (χ4n) is 2.51. The molecule has 1 aliphatic carbocycles. The summed E-state index contributed by atoms with van der Waals surface area (Å²) >= 11 is 0. The zero-order valence-electron chi connectivity index (χ0n) is 12.2. The Morgan fingerprint density at radius 1 is 1.05 bits per heavy atom. The number of carbonyl (C=O) groups is 2. The van der Waals surface area contributed by atoms with Gasteiger partial charge >= 0.3 is 6.03 Å². The summed E-state index contributed by atoms with van der Waals surface area (Å²) < 4.78 is 24.0. The van der Waals surface area contributed by atoms with Crippen molar-refractivity contribution in [1.29, 1.82) is 0 Å². The molecular formula is C15H20N2O4S. The average molecular weight is 324 g/mol. The second-order valence-electron chi connectivity index (χ2n) is 5.43. The molecule has 0 spiro atoms. The summed E-state index contributed by atoms with van der Waals surface area (Å²) in [6.45, 7) is 0. The first-order valence-electron chi connectivity index (χ1n) is 7.35. The smallest absolute Gasteiger partial charge is 0.321 e. The van der Waals surface area contributed by atoms with Crippen molar-refractivity contribution in [3.63, 3.8) is 0 Å². The summed E-state index contributed by atoms with van der Waals surface area (Å²) in [7, 11) is -3.73. The summed E-state index contributed by atoms with van der Waals surface area (Å²) in [5.74, 6) is -1.56. The van der Waals surface area contributed by atoms with Gasteiger partial charge in [-0.25, -0.2) is 13.2 Å². The van der Waals surface area contributed by atoms with Gasteiger partial charge in [0, 0.05) is 6.04 Å². The van der Waals surface area contributed by atoms with Crippen LogP contribution in [0.4, 0.5) is 4.79 Å². The van der Waals surface area contributed by atoms with Gasteiger partial charge in [0.1, 0.15) is 5.75 Å². The lowest BCUT2D eigenvalue weighted by molar-refractivity contribution is -0.117. The van der Waals surface area contributed by atoms with Crippen LogP contribution in [0.5, 0.6) is 0 Å². The molecule has 6 nitrogen and oxygen atoms in total. The van der Waals surface area contributed by atoms with Crippen LogP contribution in [0, 0.1) is 0 Å². The maximum Gasteiger partial charge on any atom is 0.321 e. The Balaban J connectivity index is 1.85. The molecule has 1 fully saturated rings. The SMILES string of the molecule is O=C(CS(=O)(=O)c1ccccc1)NC(=O)NC1CCCCC1. The van der Waals surface area contributed by atoms with E-state index < -0.39 is 27.5 Å². The van der Waals surface area contributed by atoms with Crippen LogP contribution in [0.15, 0.2) is 35.2 Å². The Bertz CT molecular complexity index is 622.